The molecule has 0 radical (unpaired) electrons. The highest BCUT2D eigenvalue weighted by atomic mass is 35.5. The molecule has 0 bridgehead atoms. The van der Waals surface area contributed by atoms with Crippen molar-refractivity contribution in [2.24, 2.45) is 5.92 Å². The fraction of sp³-hybridized carbons (Fsp3) is 0.357. The zero-order valence-electron chi connectivity index (χ0n) is 9.90. The molecule has 3 nitrogen and oxygen atoms in total. The van der Waals surface area contributed by atoms with Crippen molar-refractivity contribution in [3.63, 3.8) is 0 Å². The summed E-state index contributed by atoms with van der Waals surface area (Å²) in [5.74, 6) is 2.23. The van der Waals surface area contributed by atoms with Crippen LogP contribution in [0.4, 0.5) is 5.69 Å². The van der Waals surface area contributed by atoms with E-state index in [9.17, 15) is 9.90 Å². The molecule has 0 heterocycles. The van der Waals surface area contributed by atoms with Crippen LogP contribution in [-0.2, 0) is 0 Å². The third-order valence-electron chi connectivity index (χ3n) is 2.99. The van der Waals surface area contributed by atoms with Crippen LogP contribution in [0.25, 0.3) is 0 Å². The molecule has 1 saturated carbocycles. The van der Waals surface area contributed by atoms with Gasteiger partial charge in [0.25, 0.3) is 0 Å². The zero-order valence-corrected chi connectivity index (χ0v) is 10.7. The molecule has 18 heavy (non-hydrogen) atoms. The molecular weight excluding hydrogens is 250 g/mol. The summed E-state index contributed by atoms with van der Waals surface area (Å²) in [6.45, 7) is 1.23. The summed E-state index contributed by atoms with van der Waals surface area (Å²) in [7, 11) is 0. The SMILES string of the molecule is C#CCN(CC1CC1)c1ccc(Cl)cc1C(=O)O. The van der Waals surface area contributed by atoms with Gasteiger partial charge in [0, 0.05) is 11.6 Å². The van der Waals surface area contributed by atoms with E-state index in [2.05, 4.69) is 5.92 Å². The highest BCUT2D eigenvalue weighted by Gasteiger charge is 2.26. The Balaban J connectivity index is 2.32. The van der Waals surface area contributed by atoms with Crippen LogP contribution in [0.3, 0.4) is 0 Å². The van der Waals surface area contributed by atoms with Crippen LogP contribution in [0.1, 0.15) is 23.2 Å². The quantitative estimate of drug-likeness (QED) is 0.831. The van der Waals surface area contributed by atoms with Gasteiger partial charge in [0.15, 0.2) is 0 Å². The molecule has 1 aliphatic carbocycles. The van der Waals surface area contributed by atoms with Gasteiger partial charge in [-0.25, -0.2) is 4.79 Å². The van der Waals surface area contributed by atoms with Gasteiger partial charge < -0.3 is 10.0 Å². The second-order valence-electron chi connectivity index (χ2n) is 4.49. The largest absolute Gasteiger partial charge is 0.478 e. The minimum absolute atomic E-state index is 0.207. The molecule has 0 aromatic heterocycles. The highest BCUT2D eigenvalue weighted by molar-refractivity contribution is 6.31. The number of benzene rings is 1. The van der Waals surface area contributed by atoms with E-state index < -0.39 is 5.97 Å². The maximum atomic E-state index is 11.2. The Morgan fingerprint density at radius 2 is 2.28 bits per heavy atom. The number of rotatable bonds is 5. The Morgan fingerprint density at radius 1 is 1.56 bits per heavy atom. The fourth-order valence-corrected chi connectivity index (χ4v) is 2.10. The monoisotopic (exact) mass is 263 g/mol. The number of hydrogen-bond acceptors (Lipinski definition) is 2. The number of terminal acetylenes is 1. The molecule has 1 fully saturated rings. The van der Waals surface area contributed by atoms with Gasteiger partial charge in [-0.2, -0.15) is 0 Å². The standard InChI is InChI=1S/C14H14ClNO2/c1-2-7-16(9-10-3-4-10)13-6-5-11(15)8-12(13)14(17)18/h1,5-6,8,10H,3-4,7,9H2,(H,17,18). The van der Waals surface area contributed by atoms with E-state index in [-0.39, 0.29) is 5.56 Å². The van der Waals surface area contributed by atoms with Crippen LogP contribution in [0.2, 0.25) is 5.02 Å². The van der Waals surface area contributed by atoms with Crippen molar-refractivity contribution < 1.29 is 9.90 Å². The first-order valence-electron chi connectivity index (χ1n) is 5.83. The van der Waals surface area contributed by atoms with Crippen molar-refractivity contribution in [1.82, 2.24) is 0 Å². The van der Waals surface area contributed by atoms with E-state index in [1.807, 2.05) is 4.90 Å². The number of aromatic carboxylic acids is 1. The number of carbonyl (C=O) groups is 1. The van der Waals surface area contributed by atoms with Crippen molar-refractivity contribution in [1.29, 1.82) is 0 Å². The van der Waals surface area contributed by atoms with Crippen LogP contribution < -0.4 is 4.90 Å². The van der Waals surface area contributed by atoms with E-state index in [0.29, 0.717) is 23.2 Å². The molecule has 4 heteroatoms. The van der Waals surface area contributed by atoms with Gasteiger partial charge in [-0.05, 0) is 37.0 Å². The number of carboxylic acids is 1. The molecule has 0 atom stereocenters. The van der Waals surface area contributed by atoms with Gasteiger partial charge in [0.1, 0.15) is 0 Å². The molecule has 94 valence electrons. The fourth-order valence-electron chi connectivity index (χ4n) is 1.93. The lowest BCUT2D eigenvalue weighted by molar-refractivity contribution is 0.0697. The summed E-state index contributed by atoms with van der Waals surface area (Å²) in [5, 5.41) is 9.64. The Hall–Kier alpha value is -1.66. The third kappa shape index (κ3) is 2.96. The molecule has 1 aromatic rings. The minimum Gasteiger partial charge on any atom is -0.478 e. The van der Waals surface area contributed by atoms with Crippen molar-refractivity contribution in [2.75, 3.05) is 18.0 Å². The molecule has 1 N–H and O–H groups in total. The third-order valence-corrected chi connectivity index (χ3v) is 3.22. The number of hydrogen-bond donors (Lipinski definition) is 1. The average molecular weight is 264 g/mol. The van der Waals surface area contributed by atoms with Gasteiger partial charge in [-0.15, -0.1) is 6.42 Å². The minimum atomic E-state index is -0.981. The van der Waals surface area contributed by atoms with Crippen LogP contribution in [-0.4, -0.2) is 24.2 Å². The number of carboxylic acid groups (broad SMARTS) is 1. The predicted molar refractivity (Wildman–Crippen MR) is 72.2 cm³/mol. The Morgan fingerprint density at radius 3 is 2.83 bits per heavy atom. The lowest BCUT2D eigenvalue weighted by Crippen LogP contribution is -2.27. The predicted octanol–water partition coefficient (Wildman–Crippen LogP) is 2.89. The van der Waals surface area contributed by atoms with Gasteiger partial charge in [0.2, 0.25) is 0 Å². The summed E-state index contributed by atoms with van der Waals surface area (Å²) < 4.78 is 0. The van der Waals surface area contributed by atoms with Gasteiger partial charge in [-0.3, -0.25) is 0 Å². The first-order valence-corrected chi connectivity index (χ1v) is 6.21. The van der Waals surface area contributed by atoms with E-state index in [0.717, 1.165) is 6.54 Å². The normalized spacial score (nSPS) is 14.0. The average Bonchev–Trinajstić information content (AvgIpc) is 3.12. The molecule has 0 spiro atoms. The first kappa shape index (κ1) is 12.8. The Bertz CT molecular complexity index is 503. The maximum absolute atomic E-state index is 11.2. The molecule has 0 aliphatic heterocycles. The molecule has 1 aliphatic rings. The summed E-state index contributed by atoms with van der Waals surface area (Å²) in [6, 6.07) is 4.89. The van der Waals surface area contributed by atoms with E-state index in [1.54, 1.807) is 12.1 Å². The van der Waals surface area contributed by atoms with Crippen molar-refractivity contribution in [3.05, 3.63) is 28.8 Å². The van der Waals surface area contributed by atoms with Gasteiger partial charge in [0.05, 0.1) is 17.8 Å². The summed E-state index contributed by atoms with van der Waals surface area (Å²) in [5.41, 5.74) is 0.857. The Kier molecular flexibility index (Phi) is 3.78. The van der Waals surface area contributed by atoms with E-state index in [1.165, 1.54) is 18.9 Å². The molecule has 0 unspecified atom stereocenters. The number of halogens is 1. The van der Waals surface area contributed by atoms with Crippen molar-refractivity contribution in [3.8, 4) is 12.3 Å². The summed E-state index contributed by atoms with van der Waals surface area (Å²) in [6.07, 6.45) is 7.74. The number of nitrogens with zero attached hydrogens (tertiary/aromatic N) is 1. The van der Waals surface area contributed by atoms with Crippen molar-refractivity contribution >= 4 is 23.3 Å². The second-order valence-corrected chi connectivity index (χ2v) is 4.93. The van der Waals surface area contributed by atoms with E-state index >= 15 is 0 Å². The van der Waals surface area contributed by atoms with Gasteiger partial charge in [-0.1, -0.05) is 17.5 Å². The van der Waals surface area contributed by atoms with Crippen LogP contribution in [0.15, 0.2) is 18.2 Å². The molecular formula is C14H14ClNO2. The summed E-state index contributed by atoms with van der Waals surface area (Å²) in [4.78, 5) is 13.2. The smallest absolute Gasteiger partial charge is 0.337 e. The summed E-state index contributed by atoms with van der Waals surface area (Å²) >= 11 is 5.84. The topological polar surface area (TPSA) is 40.5 Å². The lowest BCUT2D eigenvalue weighted by Gasteiger charge is -2.24. The highest BCUT2D eigenvalue weighted by Crippen LogP contribution is 2.33. The van der Waals surface area contributed by atoms with Gasteiger partial charge >= 0.3 is 5.97 Å². The van der Waals surface area contributed by atoms with E-state index in [4.69, 9.17) is 18.0 Å². The van der Waals surface area contributed by atoms with Crippen molar-refractivity contribution in [2.45, 2.75) is 12.8 Å². The first-order chi connectivity index (χ1) is 8.61. The lowest BCUT2D eigenvalue weighted by atomic mass is 10.1. The molecule has 1 aromatic carbocycles. The van der Waals surface area contributed by atoms with Crippen LogP contribution in [0, 0.1) is 18.3 Å². The zero-order chi connectivity index (χ0) is 13.1. The van der Waals surface area contributed by atoms with Crippen LogP contribution >= 0.6 is 11.6 Å². The maximum Gasteiger partial charge on any atom is 0.337 e. The van der Waals surface area contributed by atoms with Crippen LogP contribution in [0.5, 0.6) is 0 Å². The Labute approximate surface area is 111 Å². The second kappa shape index (κ2) is 5.32. The molecule has 2 rings (SSSR count). The number of anilines is 1. The molecule has 0 saturated heterocycles. The molecule has 0 amide bonds.